The molecule has 0 aromatic rings. The van der Waals surface area contributed by atoms with Gasteiger partial charge in [0.15, 0.2) is 0 Å². The van der Waals surface area contributed by atoms with Crippen molar-refractivity contribution in [2.24, 2.45) is 5.73 Å². The lowest BCUT2D eigenvalue weighted by Gasteiger charge is -2.23. The van der Waals surface area contributed by atoms with Crippen molar-refractivity contribution in [1.82, 2.24) is 5.32 Å². The minimum absolute atomic E-state index is 0.180. The van der Waals surface area contributed by atoms with Crippen LogP contribution in [-0.4, -0.2) is 18.6 Å². The molecule has 0 amide bonds. The quantitative estimate of drug-likeness (QED) is 0.620. The van der Waals surface area contributed by atoms with Gasteiger partial charge < -0.3 is 11.1 Å². The van der Waals surface area contributed by atoms with Crippen molar-refractivity contribution >= 4 is 0 Å². The highest BCUT2D eigenvalue weighted by molar-refractivity contribution is 4.89. The zero-order valence-electron chi connectivity index (χ0n) is 8.94. The maximum absolute atomic E-state index is 6.23. The third kappa shape index (κ3) is 4.10. The van der Waals surface area contributed by atoms with E-state index in [0.717, 1.165) is 19.5 Å². The lowest BCUT2D eigenvalue weighted by molar-refractivity contribution is 0.393. The summed E-state index contributed by atoms with van der Waals surface area (Å²) in [6.45, 7) is 4.49. The number of hydrogen-bond donors (Lipinski definition) is 2. The van der Waals surface area contributed by atoms with Gasteiger partial charge in [-0.05, 0) is 38.8 Å². The second-order valence-electron chi connectivity index (χ2n) is 4.42. The summed E-state index contributed by atoms with van der Waals surface area (Å²) in [5, 5.41) is 3.46. The molecule has 0 bridgehead atoms. The molecule has 2 heteroatoms. The van der Waals surface area contributed by atoms with Crippen LogP contribution < -0.4 is 11.1 Å². The van der Waals surface area contributed by atoms with Crippen LogP contribution in [0.3, 0.4) is 0 Å². The standard InChI is InChI=1S/C11H24N2/c1-2-3-9-13-10-8-11(12)6-4-5-7-11/h13H,2-10,12H2,1H3. The monoisotopic (exact) mass is 184 g/mol. The molecule has 1 aliphatic carbocycles. The first kappa shape index (κ1) is 11.0. The van der Waals surface area contributed by atoms with Gasteiger partial charge in [0.05, 0.1) is 0 Å². The molecule has 13 heavy (non-hydrogen) atoms. The van der Waals surface area contributed by atoms with Gasteiger partial charge in [-0.1, -0.05) is 26.2 Å². The molecule has 0 spiro atoms. The number of rotatable bonds is 6. The highest BCUT2D eigenvalue weighted by Crippen LogP contribution is 2.29. The molecule has 0 heterocycles. The highest BCUT2D eigenvalue weighted by Gasteiger charge is 2.28. The van der Waals surface area contributed by atoms with E-state index in [1.807, 2.05) is 0 Å². The summed E-state index contributed by atoms with van der Waals surface area (Å²) in [4.78, 5) is 0. The van der Waals surface area contributed by atoms with Crippen molar-refractivity contribution < 1.29 is 0 Å². The average Bonchev–Trinajstić information content (AvgIpc) is 2.53. The van der Waals surface area contributed by atoms with Crippen molar-refractivity contribution in [3.05, 3.63) is 0 Å². The maximum atomic E-state index is 6.23. The first-order valence-corrected chi connectivity index (χ1v) is 5.76. The normalized spacial score (nSPS) is 20.8. The average molecular weight is 184 g/mol. The topological polar surface area (TPSA) is 38.0 Å². The predicted molar refractivity (Wildman–Crippen MR) is 57.8 cm³/mol. The summed E-state index contributed by atoms with van der Waals surface area (Å²) >= 11 is 0. The van der Waals surface area contributed by atoms with Crippen molar-refractivity contribution in [2.75, 3.05) is 13.1 Å². The van der Waals surface area contributed by atoms with Crippen molar-refractivity contribution in [3.8, 4) is 0 Å². The molecular formula is C11H24N2. The molecule has 0 atom stereocenters. The second-order valence-corrected chi connectivity index (χ2v) is 4.42. The van der Waals surface area contributed by atoms with Crippen LogP contribution in [0.5, 0.6) is 0 Å². The molecule has 0 unspecified atom stereocenters. The van der Waals surface area contributed by atoms with E-state index < -0.39 is 0 Å². The maximum Gasteiger partial charge on any atom is 0.0166 e. The molecule has 2 nitrogen and oxygen atoms in total. The van der Waals surface area contributed by atoms with Crippen molar-refractivity contribution in [1.29, 1.82) is 0 Å². The van der Waals surface area contributed by atoms with Gasteiger partial charge in [0.2, 0.25) is 0 Å². The summed E-state index contributed by atoms with van der Waals surface area (Å²) in [5.74, 6) is 0. The summed E-state index contributed by atoms with van der Waals surface area (Å²) < 4.78 is 0. The molecule has 78 valence electrons. The van der Waals surface area contributed by atoms with Crippen LogP contribution in [-0.2, 0) is 0 Å². The van der Waals surface area contributed by atoms with E-state index >= 15 is 0 Å². The Kier molecular flexibility index (Phi) is 4.74. The summed E-state index contributed by atoms with van der Waals surface area (Å²) in [5.41, 5.74) is 6.41. The molecule has 3 N–H and O–H groups in total. The summed E-state index contributed by atoms with van der Waals surface area (Å²) in [6, 6.07) is 0. The van der Waals surface area contributed by atoms with E-state index in [2.05, 4.69) is 12.2 Å². The van der Waals surface area contributed by atoms with Crippen LogP contribution in [0.15, 0.2) is 0 Å². The van der Waals surface area contributed by atoms with E-state index in [0.29, 0.717) is 0 Å². The van der Waals surface area contributed by atoms with Crippen LogP contribution in [0.25, 0.3) is 0 Å². The summed E-state index contributed by atoms with van der Waals surface area (Å²) in [6.07, 6.45) is 8.89. The zero-order valence-corrected chi connectivity index (χ0v) is 8.94. The number of nitrogens with two attached hydrogens (primary N) is 1. The van der Waals surface area contributed by atoms with Crippen LogP contribution in [0, 0.1) is 0 Å². The molecule has 0 saturated heterocycles. The minimum atomic E-state index is 0.180. The van der Waals surface area contributed by atoms with Crippen LogP contribution >= 0.6 is 0 Å². The van der Waals surface area contributed by atoms with E-state index in [1.54, 1.807) is 0 Å². The zero-order chi connectivity index (χ0) is 9.57. The SMILES string of the molecule is CCCCNCCC1(N)CCCC1. The largest absolute Gasteiger partial charge is 0.325 e. The van der Waals surface area contributed by atoms with Crippen molar-refractivity contribution in [3.63, 3.8) is 0 Å². The van der Waals surface area contributed by atoms with E-state index in [9.17, 15) is 0 Å². The number of hydrogen-bond acceptors (Lipinski definition) is 2. The van der Waals surface area contributed by atoms with Gasteiger partial charge in [-0.3, -0.25) is 0 Å². The molecule has 0 radical (unpaired) electrons. The predicted octanol–water partition coefficient (Wildman–Crippen LogP) is 2.04. The smallest absolute Gasteiger partial charge is 0.0166 e. The first-order chi connectivity index (χ1) is 6.27. The van der Waals surface area contributed by atoms with E-state index in [4.69, 9.17) is 5.73 Å². The van der Waals surface area contributed by atoms with Crippen molar-refractivity contribution in [2.45, 2.75) is 57.4 Å². The fraction of sp³-hybridized carbons (Fsp3) is 1.00. The lowest BCUT2D eigenvalue weighted by atomic mass is 9.95. The highest BCUT2D eigenvalue weighted by atomic mass is 14.9. The molecule has 0 aromatic carbocycles. The molecule has 1 fully saturated rings. The Bertz CT molecular complexity index is 128. The fourth-order valence-corrected chi connectivity index (χ4v) is 2.09. The number of nitrogens with one attached hydrogen (secondary N) is 1. The van der Waals surface area contributed by atoms with Gasteiger partial charge >= 0.3 is 0 Å². The fourth-order valence-electron chi connectivity index (χ4n) is 2.09. The van der Waals surface area contributed by atoms with Gasteiger partial charge in [0.1, 0.15) is 0 Å². The third-order valence-electron chi connectivity index (χ3n) is 3.11. The Labute approximate surface area is 82.3 Å². The molecule has 1 aliphatic rings. The Balaban J connectivity index is 1.98. The Morgan fingerprint density at radius 2 is 1.92 bits per heavy atom. The van der Waals surface area contributed by atoms with Crippen LogP contribution in [0.4, 0.5) is 0 Å². The van der Waals surface area contributed by atoms with Gasteiger partial charge in [0.25, 0.3) is 0 Å². The van der Waals surface area contributed by atoms with Gasteiger partial charge in [-0.15, -0.1) is 0 Å². The third-order valence-corrected chi connectivity index (χ3v) is 3.11. The van der Waals surface area contributed by atoms with Gasteiger partial charge in [-0.25, -0.2) is 0 Å². The van der Waals surface area contributed by atoms with E-state index in [-0.39, 0.29) is 5.54 Å². The first-order valence-electron chi connectivity index (χ1n) is 5.76. The molecule has 1 rings (SSSR count). The van der Waals surface area contributed by atoms with Gasteiger partial charge in [-0.2, -0.15) is 0 Å². The second kappa shape index (κ2) is 5.61. The van der Waals surface area contributed by atoms with Crippen LogP contribution in [0.2, 0.25) is 0 Å². The Morgan fingerprint density at radius 3 is 2.54 bits per heavy atom. The number of unbranched alkanes of at least 4 members (excludes halogenated alkanes) is 1. The lowest BCUT2D eigenvalue weighted by Crippen LogP contribution is -2.39. The molecule has 1 saturated carbocycles. The van der Waals surface area contributed by atoms with Gasteiger partial charge in [0, 0.05) is 5.54 Å². The van der Waals surface area contributed by atoms with Crippen LogP contribution in [0.1, 0.15) is 51.9 Å². The minimum Gasteiger partial charge on any atom is -0.325 e. The molecule has 0 aromatic heterocycles. The van der Waals surface area contributed by atoms with E-state index in [1.165, 1.54) is 38.5 Å². The molecule has 0 aliphatic heterocycles. The Morgan fingerprint density at radius 1 is 1.23 bits per heavy atom. The molecular weight excluding hydrogens is 160 g/mol. The summed E-state index contributed by atoms with van der Waals surface area (Å²) in [7, 11) is 0. The Hall–Kier alpha value is -0.0800.